The van der Waals surface area contributed by atoms with Gasteiger partial charge in [0.25, 0.3) is 11.6 Å². The summed E-state index contributed by atoms with van der Waals surface area (Å²) in [5, 5.41) is 17.4. The van der Waals surface area contributed by atoms with Crippen LogP contribution in [0.1, 0.15) is 22.1 Å². The Morgan fingerprint density at radius 3 is 2.71 bits per heavy atom. The number of amides is 1. The third kappa shape index (κ3) is 3.15. The summed E-state index contributed by atoms with van der Waals surface area (Å²) in [5.74, 6) is -2.07. The van der Waals surface area contributed by atoms with Gasteiger partial charge in [-0.05, 0) is 18.2 Å². The number of nitro groups is 1. The van der Waals surface area contributed by atoms with Crippen molar-refractivity contribution in [2.24, 2.45) is 0 Å². The number of aromatic nitrogens is 2. The highest BCUT2D eigenvalue weighted by atomic mass is 19.1. The summed E-state index contributed by atoms with van der Waals surface area (Å²) in [6, 6.07) is 8.12. The van der Waals surface area contributed by atoms with E-state index in [2.05, 4.69) is 10.4 Å². The Morgan fingerprint density at radius 2 is 2.00 bits per heavy atom. The van der Waals surface area contributed by atoms with Crippen molar-refractivity contribution in [1.29, 1.82) is 0 Å². The predicted octanol–water partition coefficient (Wildman–Crippen LogP) is 2.92. The molecule has 0 unspecified atom stereocenters. The van der Waals surface area contributed by atoms with E-state index in [1.54, 1.807) is 0 Å². The molecule has 2 heterocycles. The summed E-state index contributed by atoms with van der Waals surface area (Å²) in [5.41, 5.74) is 0.617. The summed E-state index contributed by atoms with van der Waals surface area (Å²) < 4.78 is 33.9. The first-order chi connectivity index (χ1) is 13.4. The number of carbonyl (C=O) groups is 1. The van der Waals surface area contributed by atoms with Gasteiger partial charge in [0.05, 0.1) is 22.2 Å². The highest BCUT2D eigenvalue weighted by Gasteiger charge is 2.30. The van der Waals surface area contributed by atoms with Crippen molar-refractivity contribution in [2.45, 2.75) is 6.04 Å². The molecule has 2 aromatic carbocycles. The lowest BCUT2D eigenvalue weighted by molar-refractivity contribution is -0.384. The van der Waals surface area contributed by atoms with Crippen LogP contribution in [0.15, 0.2) is 48.7 Å². The maximum atomic E-state index is 14.0. The van der Waals surface area contributed by atoms with Crippen LogP contribution in [-0.4, -0.2) is 27.2 Å². The van der Waals surface area contributed by atoms with Crippen LogP contribution in [-0.2, 0) is 0 Å². The van der Waals surface area contributed by atoms with Crippen molar-refractivity contribution in [3.63, 3.8) is 0 Å². The second-order valence-electron chi connectivity index (χ2n) is 6.06. The maximum absolute atomic E-state index is 14.0. The summed E-state index contributed by atoms with van der Waals surface area (Å²) in [7, 11) is 0. The molecule has 0 saturated heterocycles. The minimum atomic E-state index is -0.797. The normalized spacial score (nSPS) is 15.0. The quantitative estimate of drug-likeness (QED) is 0.549. The van der Waals surface area contributed by atoms with Crippen molar-refractivity contribution in [2.75, 3.05) is 6.61 Å². The molecule has 1 atom stereocenters. The van der Waals surface area contributed by atoms with E-state index in [9.17, 15) is 23.7 Å². The summed E-state index contributed by atoms with van der Waals surface area (Å²) in [6.45, 7) is -0.0233. The van der Waals surface area contributed by atoms with Crippen molar-refractivity contribution in [3.8, 4) is 11.4 Å². The standard InChI is InChI=1S/C18H12F2N4O4/c19-10-7-13(20)17-15(9-28-16(17)8-10)21-18(25)14-5-6-23(22-14)11-1-3-12(4-2-11)24(26)27/h1-8,15H,9H2,(H,21,25)/t15-/m1/s1. The third-order valence-electron chi connectivity index (χ3n) is 4.26. The molecule has 0 saturated carbocycles. The zero-order valence-corrected chi connectivity index (χ0v) is 14.1. The van der Waals surface area contributed by atoms with E-state index in [4.69, 9.17) is 4.74 Å². The van der Waals surface area contributed by atoms with Gasteiger partial charge in [-0.3, -0.25) is 14.9 Å². The van der Waals surface area contributed by atoms with Gasteiger partial charge in [-0.2, -0.15) is 5.10 Å². The van der Waals surface area contributed by atoms with Crippen LogP contribution in [0, 0.1) is 21.7 Å². The number of halogens is 2. The molecule has 8 nitrogen and oxygen atoms in total. The lowest BCUT2D eigenvalue weighted by atomic mass is 10.1. The molecule has 0 aliphatic carbocycles. The molecule has 142 valence electrons. The second kappa shape index (κ2) is 6.72. The lowest BCUT2D eigenvalue weighted by Crippen LogP contribution is -2.30. The molecular formula is C18H12F2N4O4. The smallest absolute Gasteiger partial charge is 0.272 e. The number of non-ortho nitro benzene ring substituents is 1. The average molecular weight is 386 g/mol. The summed E-state index contributed by atoms with van der Waals surface area (Å²) in [4.78, 5) is 22.6. The van der Waals surface area contributed by atoms with Crippen LogP contribution in [0.25, 0.3) is 5.69 Å². The molecule has 28 heavy (non-hydrogen) atoms. The molecular weight excluding hydrogens is 374 g/mol. The number of benzene rings is 2. The first kappa shape index (κ1) is 17.6. The van der Waals surface area contributed by atoms with Gasteiger partial charge < -0.3 is 10.1 Å². The predicted molar refractivity (Wildman–Crippen MR) is 92.3 cm³/mol. The maximum Gasteiger partial charge on any atom is 0.272 e. The minimum Gasteiger partial charge on any atom is -0.490 e. The van der Waals surface area contributed by atoms with Crippen LogP contribution in [0.3, 0.4) is 0 Å². The van der Waals surface area contributed by atoms with Gasteiger partial charge in [0.15, 0.2) is 5.69 Å². The average Bonchev–Trinajstić information content (AvgIpc) is 3.29. The monoisotopic (exact) mass is 386 g/mol. The van der Waals surface area contributed by atoms with Crippen LogP contribution in [0.2, 0.25) is 0 Å². The van der Waals surface area contributed by atoms with Crippen LogP contribution in [0.4, 0.5) is 14.5 Å². The van der Waals surface area contributed by atoms with E-state index in [1.807, 2.05) is 0 Å². The highest BCUT2D eigenvalue weighted by Crippen LogP contribution is 2.35. The van der Waals surface area contributed by atoms with E-state index in [-0.39, 0.29) is 29.3 Å². The van der Waals surface area contributed by atoms with E-state index in [0.717, 1.165) is 12.1 Å². The third-order valence-corrected chi connectivity index (χ3v) is 4.26. The number of nitrogens with zero attached hydrogens (tertiary/aromatic N) is 3. The molecule has 1 aromatic heterocycles. The number of nitrogens with one attached hydrogen (secondary N) is 1. The molecule has 1 aliphatic heterocycles. The van der Waals surface area contributed by atoms with E-state index in [1.165, 1.54) is 41.2 Å². The van der Waals surface area contributed by atoms with Gasteiger partial charge in [0.2, 0.25) is 0 Å². The first-order valence-electron chi connectivity index (χ1n) is 8.15. The Bertz CT molecular complexity index is 1080. The van der Waals surface area contributed by atoms with Crippen LogP contribution >= 0.6 is 0 Å². The van der Waals surface area contributed by atoms with Crippen LogP contribution in [0.5, 0.6) is 5.75 Å². The fraction of sp³-hybridized carbons (Fsp3) is 0.111. The zero-order valence-electron chi connectivity index (χ0n) is 14.1. The van der Waals surface area contributed by atoms with Gasteiger partial charge in [0.1, 0.15) is 24.0 Å². The SMILES string of the molecule is O=C(N[C@@H]1COc2cc(F)cc(F)c21)c1ccn(-c2ccc([N+](=O)[O-])cc2)n1. The fourth-order valence-electron chi connectivity index (χ4n) is 2.94. The lowest BCUT2D eigenvalue weighted by Gasteiger charge is -2.11. The molecule has 0 bridgehead atoms. The molecule has 1 aliphatic rings. The van der Waals surface area contributed by atoms with E-state index < -0.39 is 28.5 Å². The van der Waals surface area contributed by atoms with E-state index in [0.29, 0.717) is 5.69 Å². The largest absolute Gasteiger partial charge is 0.490 e. The Kier molecular flexibility index (Phi) is 4.22. The van der Waals surface area contributed by atoms with Crippen LogP contribution < -0.4 is 10.1 Å². The Hall–Kier alpha value is -3.82. The van der Waals surface area contributed by atoms with Gasteiger partial charge in [-0.1, -0.05) is 0 Å². The topological polar surface area (TPSA) is 99.3 Å². The van der Waals surface area contributed by atoms with Crippen molar-refractivity contribution >= 4 is 11.6 Å². The van der Waals surface area contributed by atoms with Gasteiger partial charge in [-0.15, -0.1) is 0 Å². The first-order valence-corrected chi connectivity index (χ1v) is 8.15. The number of ether oxygens (including phenoxy) is 1. The molecule has 3 aromatic rings. The van der Waals surface area contributed by atoms with Crippen molar-refractivity contribution in [3.05, 3.63) is 81.7 Å². The Balaban J connectivity index is 1.51. The minimum absolute atomic E-state index is 0.0233. The van der Waals surface area contributed by atoms with Gasteiger partial charge >= 0.3 is 0 Å². The highest BCUT2D eigenvalue weighted by molar-refractivity contribution is 5.92. The molecule has 4 rings (SSSR count). The molecule has 0 fully saturated rings. The molecule has 0 radical (unpaired) electrons. The van der Waals surface area contributed by atoms with E-state index >= 15 is 0 Å². The molecule has 1 N–H and O–H groups in total. The number of rotatable bonds is 4. The van der Waals surface area contributed by atoms with Gasteiger partial charge in [0, 0.05) is 30.5 Å². The molecule has 10 heteroatoms. The Morgan fingerprint density at radius 1 is 1.25 bits per heavy atom. The van der Waals surface area contributed by atoms with Gasteiger partial charge in [-0.25, -0.2) is 13.5 Å². The second-order valence-corrected chi connectivity index (χ2v) is 6.06. The van der Waals surface area contributed by atoms with Crippen molar-refractivity contribution < 1.29 is 23.2 Å². The Labute approximate surface area is 156 Å². The number of fused-ring (bicyclic) bond motifs is 1. The number of hydrogen-bond donors (Lipinski definition) is 1. The fourth-order valence-corrected chi connectivity index (χ4v) is 2.94. The number of nitro benzene ring substituents is 1. The summed E-state index contributed by atoms with van der Waals surface area (Å²) in [6.07, 6.45) is 1.52. The summed E-state index contributed by atoms with van der Waals surface area (Å²) >= 11 is 0. The number of carbonyl (C=O) groups excluding carboxylic acids is 1. The number of hydrogen-bond acceptors (Lipinski definition) is 5. The zero-order chi connectivity index (χ0) is 19.8. The molecule has 1 amide bonds. The van der Waals surface area contributed by atoms with Crippen molar-refractivity contribution in [1.82, 2.24) is 15.1 Å². The molecule has 0 spiro atoms.